The van der Waals surface area contributed by atoms with E-state index in [4.69, 9.17) is 18.9 Å². The predicted molar refractivity (Wildman–Crippen MR) is 117 cm³/mol. The van der Waals surface area contributed by atoms with E-state index in [0.717, 1.165) is 29.5 Å². The van der Waals surface area contributed by atoms with E-state index >= 15 is 0 Å². The zero-order valence-corrected chi connectivity index (χ0v) is 18.0. The van der Waals surface area contributed by atoms with Crippen molar-refractivity contribution in [1.82, 2.24) is 9.88 Å². The van der Waals surface area contributed by atoms with Crippen molar-refractivity contribution in [2.24, 2.45) is 0 Å². The van der Waals surface area contributed by atoms with Crippen LogP contribution < -0.4 is 18.9 Å². The monoisotopic (exact) mass is 422 g/mol. The van der Waals surface area contributed by atoms with Gasteiger partial charge in [0.05, 0.1) is 26.9 Å². The number of methoxy groups -OCH3 is 3. The predicted octanol–water partition coefficient (Wildman–Crippen LogP) is 3.94. The van der Waals surface area contributed by atoms with Gasteiger partial charge >= 0.3 is 0 Å². The van der Waals surface area contributed by atoms with Crippen LogP contribution in [0.1, 0.15) is 23.2 Å². The minimum absolute atomic E-state index is 0.0314. The normalized spacial score (nSPS) is 14.4. The number of likely N-dealkylation sites (tertiary alicyclic amines) is 1. The molecule has 4 rings (SSSR count). The second kappa shape index (κ2) is 9.12. The number of para-hydroxylation sites is 1. The average molecular weight is 422 g/mol. The number of carbonyl (C=O) groups is 1. The van der Waals surface area contributed by atoms with Gasteiger partial charge < -0.3 is 23.8 Å². The third kappa shape index (κ3) is 4.08. The summed E-state index contributed by atoms with van der Waals surface area (Å²) in [5.41, 5.74) is 1.32. The molecule has 0 bridgehead atoms. The zero-order valence-electron chi connectivity index (χ0n) is 18.0. The fourth-order valence-corrected chi connectivity index (χ4v) is 3.97. The van der Waals surface area contributed by atoms with Gasteiger partial charge in [-0.1, -0.05) is 18.2 Å². The molecule has 7 heteroatoms. The molecule has 0 radical (unpaired) electrons. The lowest BCUT2D eigenvalue weighted by atomic mass is 10.0. The fraction of sp³-hybridized carbons (Fsp3) is 0.333. The lowest BCUT2D eigenvalue weighted by Gasteiger charge is -2.32. The van der Waals surface area contributed by atoms with Gasteiger partial charge in [-0.2, -0.15) is 0 Å². The molecule has 3 aromatic rings. The van der Waals surface area contributed by atoms with Crippen LogP contribution in [0.2, 0.25) is 0 Å². The van der Waals surface area contributed by atoms with Crippen LogP contribution in [-0.2, 0) is 0 Å². The second-order valence-corrected chi connectivity index (χ2v) is 7.32. The highest BCUT2D eigenvalue weighted by Gasteiger charge is 2.29. The summed E-state index contributed by atoms with van der Waals surface area (Å²) in [4.78, 5) is 19.5. The molecule has 0 aliphatic carbocycles. The van der Waals surface area contributed by atoms with E-state index in [1.165, 1.54) is 14.2 Å². The van der Waals surface area contributed by atoms with Gasteiger partial charge in [0.1, 0.15) is 17.4 Å². The quantitative estimate of drug-likeness (QED) is 0.599. The first kappa shape index (κ1) is 20.8. The first-order valence-electron chi connectivity index (χ1n) is 10.2. The molecule has 1 amide bonds. The molecule has 2 aromatic carbocycles. The highest BCUT2D eigenvalue weighted by Crippen LogP contribution is 2.40. The Labute approximate surface area is 181 Å². The molecule has 1 aromatic heterocycles. The summed E-state index contributed by atoms with van der Waals surface area (Å²) >= 11 is 0. The van der Waals surface area contributed by atoms with Gasteiger partial charge in [0.15, 0.2) is 11.5 Å². The van der Waals surface area contributed by atoms with Gasteiger partial charge in [0.2, 0.25) is 5.75 Å². The van der Waals surface area contributed by atoms with Gasteiger partial charge in [0.25, 0.3) is 5.91 Å². The van der Waals surface area contributed by atoms with Crippen molar-refractivity contribution in [2.75, 3.05) is 34.4 Å². The number of ether oxygens (including phenoxy) is 4. The van der Waals surface area contributed by atoms with Crippen LogP contribution in [-0.4, -0.2) is 56.3 Å². The molecule has 1 saturated heterocycles. The van der Waals surface area contributed by atoms with E-state index in [1.807, 2.05) is 35.2 Å². The van der Waals surface area contributed by atoms with Gasteiger partial charge in [-0.05, 0) is 24.3 Å². The van der Waals surface area contributed by atoms with Gasteiger partial charge in [-0.3, -0.25) is 9.78 Å². The number of pyridine rings is 1. The van der Waals surface area contributed by atoms with Crippen LogP contribution in [0.25, 0.3) is 10.9 Å². The number of rotatable bonds is 6. The van der Waals surface area contributed by atoms with Gasteiger partial charge in [-0.15, -0.1) is 0 Å². The van der Waals surface area contributed by atoms with Crippen molar-refractivity contribution in [3.05, 3.63) is 54.2 Å². The maximum atomic E-state index is 13.2. The molecule has 1 aliphatic rings. The molecule has 162 valence electrons. The third-order valence-electron chi connectivity index (χ3n) is 5.55. The molecule has 7 nitrogen and oxygen atoms in total. The molecular formula is C24H26N2O5. The van der Waals surface area contributed by atoms with Crippen molar-refractivity contribution >= 4 is 16.8 Å². The van der Waals surface area contributed by atoms with Crippen LogP contribution in [0, 0.1) is 0 Å². The summed E-state index contributed by atoms with van der Waals surface area (Å²) in [5.74, 6) is 2.00. The Hall–Kier alpha value is -3.48. The Balaban J connectivity index is 1.46. The summed E-state index contributed by atoms with van der Waals surface area (Å²) in [6, 6.07) is 13.3. The number of piperidine rings is 1. The van der Waals surface area contributed by atoms with Crippen molar-refractivity contribution < 1.29 is 23.7 Å². The van der Waals surface area contributed by atoms with E-state index in [9.17, 15) is 4.79 Å². The summed E-state index contributed by atoms with van der Waals surface area (Å²) in [6.07, 6.45) is 3.28. The molecule has 31 heavy (non-hydrogen) atoms. The number of hydrogen-bond acceptors (Lipinski definition) is 6. The molecule has 0 saturated carbocycles. The Morgan fingerprint density at radius 2 is 1.65 bits per heavy atom. The Morgan fingerprint density at radius 1 is 0.903 bits per heavy atom. The topological polar surface area (TPSA) is 70.1 Å². The SMILES string of the molecule is COc1ccc(C(=O)N2CCC(Oc3cccc4cccnc34)CC2)c(OC)c1OC. The van der Waals surface area contributed by atoms with E-state index in [1.54, 1.807) is 25.4 Å². The Morgan fingerprint density at radius 3 is 2.35 bits per heavy atom. The van der Waals surface area contributed by atoms with Crippen molar-refractivity contribution in [1.29, 1.82) is 0 Å². The number of aromatic nitrogens is 1. The number of amides is 1. The summed E-state index contributed by atoms with van der Waals surface area (Å²) in [7, 11) is 4.60. The maximum absolute atomic E-state index is 13.2. The fourth-order valence-electron chi connectivity index (χ4n) is 3.97. The number of fused-ring (bicyclic) bond motifs is 1. The molecule has 0 atom stereocenters. The van der Waals surface area contributed by atoms with Crippen molar-refractivity contribution in [2.45, 2.75) is 18.9 Å². The average Bonchev–Trinajstić information content (AvgIpc) is 2.83. The molecule has 0 unspecified atom stereocenters. The molecule has 0 N–H and O–H groups in total. The summed E-state index contributed by atoms with van der Waals surface area (Å²) < 4.78 is 22.4. The summed E-state index contributed by atoms with van der Waals surface area (Å²) in [6.45, 7) is 1.19. The summed E-state index contributed by atoms with van der Waals surface area (Å²) in [5, 5.41) is 1.05. The third-order valence-corrected chi connectivity index (χ3v) is 5.55. The Bertz CT molecular complexity index is 1070. The highest BCUT2D eigenvalue weighted by molar-refractivity contribution is 5.98. The van der Waals surface area contributed by atoms with Crippen molar-refractivity contribution in [3.63, 3.8) is 0 Å². The molecule has 1 fully saturated rings. The lowest BCUT2D eigenvalue weighted by molar-refractivity contribution is 0.0594. The first-order valence-corrected chi connectivity index (χ1v) is 10.2. The zero-order chi connectivity index (χ0) is 21.8. The number of benzene rings is 2. The molecule has 1 aliphatic heterocycles. The minimum atomic E-state index is -0.0944. The van der Waals surface area contributed by atoms with E-state index in [-0.39, 0.29) is 12.0 Å². The minimum Gasteiger partial charge on any atom is -0.493 e. The number of carbonyl (C=O) groups excluding carboxylic acids is 1. The van der Waals surface area contributed by atoms with Crippen LogP contribution >= 0.6 is 0 Å². The largest absolute Gasteiger partial charge is 0.493 e. The van der Waals surface area contributed by atoms with E-state index in [2.05, 4.69) is 4.98 Å². The number of hydrogen-bond donors (Lipinski definition) is 0. The second-order valence-electron chi connectivity index (χ2n) is 7.32. The van der Waals surface area contributed by atoms with E-state index in [0.29, 0.717) is 35.9 Å². The van der Waals surface area contributed by atoms with Gasteiger partial charge in [-0.25, -0.2) is 0 Å². The van der Waals surface area contributed by atoms with Crippen LogP contribution in [0.4, 0.5) is 0 Å². The smallest absolute Gasteiger partial charge is 0.257 e. The van der Waals surface area contributed by atoms with Crippen LogP contribution in [0.15, 0.2) is 48.7 Å². The van der Waals surface area contributed by atoms with Crippen LogP contribution in [0.3, 0.4) is 0 Å². The molecule has 0 spiro atoms. The Kier molecular flexibility index (Phi) is 6.11. The van der Waals surface area contributed by atoms with Crippen LogP contribution in [0.5, 0.6) is 23.0 Å². The lowest BCUT2D eigenvalue weighted by Crippen LogP contribution is -2.42. The van der Waals surface area contributed by atoms with E-state index < -0.39 is 0 Å². The molecular weight excluding hydrogens is 396 g/mol. The molecule has 2 heterocycles. The van der Waals surface area contributed by atoms with Gasteiger partial charge in [0, 0.05) is 37.5 Å². The number of nitrogens with zero attached hydrogens (tertiary/aromatic N) is 2. The van der Waals surface area contributed by atoms with Crippen molar-refractivity contribution in [3.8, 4) is 23.0 Å². The maximum Gasteiger partial charge on any atom is 0.257 e. The highest BCUT2D eigenvalue weighted by atomic mass is 16.5. The first-order chi connectivity index (χ1) is 15.2. The standard InChI is InChI=1S/C24H26N2O5/c1-28-20-10-9-18(22(29-2)23(20)30-3)24(27)26-14-11-17(12-15-26)31-19-8-4-6-16-7-5-13-25-21(16)19/h4-10,13,17H,11-12,14-15H2,1-3H3.